The van der Waals surface area contributed by atoms with Crippen LogP contribution in [0.1, 0.15) is 49.5 Å². The molecule has 1 aliphatic rings. The third-order valence-corrected chi connectivity index (χ3v) is 4.37. The Balaban J connectivity index is 1.89. The van der Waals surface area contributed by atoms with E-state index in [-0.39, 0.29) is 30.5 Å². The van der Waals surface area contributed by atoms with Gasteiger partial charge in [0.1, 0.15) is 0 Å². The fraction of sp³-hybridized carbons (Fsp3) is 0.556. The van der Waals surface area contributed by atoms with Gasteiger partial charge < -0.3 is 10.2 Å². The fourth-order valence-corrected chi connectivity index (χ4v) is 2.80. The first-order valence-electron chi connectivity index (χ1n) is 8.26. The molecule has 1 aliphatic heterocycles. The molecule has 2 rings (SSSR count). The summed E-state index contributed by atoms with van der Waals surface area (Å²) in [6.45, 7) is 6.23. The van der Waals surface area contributed by atoms with Crippen molar-refractivity contribution in [3.63, 3.8) is 0 Å². The second-order valence-corrected chi connectivity index (χ2v) is 7.37. The van der Waals surface area contributed by atoms with Crippen LogP contribution in [0.15, 0.2) is 24.3 Å². The van der Waals surface area contributed by atoms with E-state index in [2.05, 4.69) is 26.1 Å². The lowest BCUT2D eigenvalue weighted by Gasteiger charge is -2.32. The van der Waals surface area contributed by atoms with Crippen molar-refractivity contribution in [3.8, 4) is 0 Å². The van der Waals surface area contributed by atoms with Gasteiger partial charge in [0.2, 0.25) is 0 Å². The van der Waals surface area contributed by atoms with Crippen LogP contribution < -0.4 is 5.32 Å². The van der Waals surface area contributed by atoms with Gasteiger partial charge in [0.05, 0.1) is 0 Å². The first kappa shape index (κ1) is 19.3. The number of piperidine rings is 1. The van der Waals surface area contributed by atoms with Crippen LogP contribution >= 0.6 is 0 Å². The molecule has 0 saturated carbocycles. The minimum absolute atomic E-state index is 0.00709. The van der Waals surface area contributed by atoms with Crippen LogP contribution in [-0.2, 0) is 10.2 Å². The molecular weight excluding hydrogens is 333 g/mol. The number of amides is 2. The average molecular weight is 356 g/mol. The Bertz CT molecular complexity index is 625. The van der Waals surface area contributed by atoms with Crippen molar-refractivity contribution in [1.82, 2.24) is 10.2 Å². The van der Waals surface area contributed by atoms with Crippen LogP contribution in [0.4, 0.5) is 13.2 Å². The second-order valence-electron chi connectivity index (χ2n) is 7.37. The van der Waals surface area contributed by atoms with E-state index in [0.717, 1.165) is 10.5 Å². The van der Waals surface area contributed by atoms with Gasteiger partial charge in [-0.1, -0.05) is 32.9 Å². The van der Waals surface area contributed by atoms with Gasteiger partial charge >= 0.3 is 12.1 Å². The maximum atomic E-state index is 12.4. The van der Waals surface area contributed by atoms with Crippen molar-refractivity contribution in [2.75, 3.05) is 13.1 Å². The molecule has 0 aliphatic carbocycles. The Morgan fingerprint density at radius 3 is 2.00 bits per heavy atom. The highest BCUT2D eigenvalue weighted by Gasteiger charge is 2.43. The molecule has 4 nitrogen and oxygen atoms in total. The molecule has 1 aromatic rings. The first-order chi connectivity index (χ1) is 11.5. The summed E-state index contributed by atoms with van der Waals surface area (Å²) >= 11 is 0. The number of hydrogen-bond donors (Lipinski definition) is 1. The van der Waals surface area contributed by atoms with Gasteiger partial charge in [0.25, 0.3) is 5.91 Å². The Morgan fingerprint density at radius 2 is 1.56 bits per heavy atom. The topological polar surface area (TPSA) is 49.4 Å². The fourth-order valence-electron chi connectivity index (χ4n) is 2.80. The molecule has 1 saturated heterocycles. The summed E-state index contributed by atoms with van der Waals surface area (Å²) in [6.07, 6.45) is -4.22. The van der Waals surface area contributed by atoms with Gasteiger partial charge in [0.15, 0.2) is 0 Å². The molecule has 0 unspecified atom stereocenters. The summed E-state index contributed by atoms with van der Waals surface area (Å²) in [5.41, 5.74) is 1.62. The standard InChI is InChI=1S/C18H23F3N2O2/c1-17(2,3)13-6-4-12(5-7-13)15(24)22-14-8-10-23(11-9-14)16(25)18(19,20)21/h4-7,14H,8-11H2,1-3H3,(H,22,24). The number of carbonyl (C=O) groups excluding carboxylic acids is 2. The predicted octanol–water partition coefficient (Wildman–Crippen LogP) is 3.27. The number of rotatable bonds is 2. The van der Waals surface area contributed by atoms with E-state index in [9.17, 15) is 22.8 Å². The summed E-state index contributed by atoms with van der Waals surface area (Å²) in [4.78, 5) is 24.3. The van der Waals surface area contributed by atoms with Gasteiger partial charge in [-0.3, -0.25) is 9.59 Å². The number of likely N-dealkylation sites (tertiary alicyclic amines) is 1. The highest BCUT2D eigenvalue weighted by Crippen LogP contribution is 2.23. The van der Waals surface area contributed by atoms with E-state index in [4.69, 9.17) is 0 Å². The normalized spacial score (nSPS) is 16.6. The Labute approximate surface area is 145 Å². The van der Waals surface area contributed by atoms with Gasteiger partial charge in [-0.05, 0) is 36.0 Å². The van der Waals surface area contributed by atoms with Gasteiger partial charge in [0, 0.05) is 24.7 Å². The maximum Gasteiger partial charge on any atom is 0.471 e. The second kappa shape index (κ2) is 7.06. The Kier molecular flexibility index (Phi) is 5.44. The summed E-state index contributed by atoms with van der Waals surface area (Å²) in [6, 6.07) is 7.07. The molecule has 0 radical (unpaired) electrons. The van der Waals surface area contributed by atoms with E-state index in [0.29, 0.717) is 18.4 Å². The third-order valence-electron chi connectivity index (χ3n) is 4.37. The van der Waals surface area contributed by atoms with Crippen molar-refractivity contribution in [2.24, 2.45) is 0 Å². The van der Waals surface area contributed by atoms with E-state index in [1.807, 2.05) is 12.1 Å². The predicted molar refractivity (Wildman–Crippen MR) is 88.3 cm³/mol. The quantitative estimate of drug-likeness (QED) is 0.884. The highest BCUT2D eigenvalue weighted by atomic mass is 19.4. The zero-order valence-electron chi connectivity index (χ0n) is 14.6. The lowest BCUT2D eigenvalue weighted by molar-refractivity contribution is -0.186. The number of benzene rings is 1. The summed E-state index contributed by atoms with van der Waals surface area (Å²) in [5.74, 6) is -2.06. The van der Waals surface area contributed by atoms with Gasteiger partial charge in [-0.15, -0.1) is 0 Å². The zero-order valence-corrected chi connectivity index (χ0v) is 14.6. The van der Waals surface area contributed by atoms with Crippen molar-refractivity contribution < 1.29 is 22.8 Å². The van der Waals surface area contributed by atoms with Crippen molar-refractivity contribution in [1.29, 1.82) is 0 Å². The minimum Gasteiger partial charge on any atom is -0.349 e. The highest BCUT2D eigenvalue weighted by molar-refractivity contribution is 5.94. The number of alkyl halides is 3. The smallest absolute Gasteiger partial charge is 0.349 e. The number of hydrogen-bond acceptors (Lipinski definition) is 2. The molecular formula is C18H23F3N2O2. The van der Waals surface area contributed by atoms with Crippen LogP contribution in [-0.4, -0.2) is 42.0 Å². The Hall–Kier alpha value is -2.05. The lowest BCUT2D eigenvalue weighted by atomic mass is 9.86. The molecule has 1 heterocycles. The Morgan fingerprint density at radius 1 is 1.04 bits per heavy atom. The van der Waals surface area contributed by atoms with Crippen LogP contribution in [0.3, 0.4) is 0 Å². The summed E-state index contributed by atoms with van der Waals surface area (Å²) < 4.78 is 37.3. The third kappa shape index (κ3) is 4.96. The maximum absolute atomic E-state index is 12.4. The van der Waals surface area contributed by atoms with Crippen LogP contribution in [0.5, 0.6) is 0 Å². The van der Waals surface area contributed by atoms with E-state index >= 15 is 0 Å². The largest absolute Gasteiger partial charge is 0.471 e. The molecule has 25 heavy (non-hydrogen) atoms. The molecule has 0 atom stereocenters. The number of carbonyl (C=O) groups is 2. The molecule has 7 heteroatoms. The minimum atomic E-state index is -4.84. The number of nitrogens with zero attached hydrogens (tertiary/aromatic N) is 1. The molecule has 0 aromatic heterocycles. The zero-order chi connectivity index (χ0) is 18.8. The number of halogens is 3. The average Bonchev–Trinajstić information content (AvgIpc) is 2.53. The molecule has 2 amide bonds. The first-order valence-corrected chi connectivity index (χ1v) is 8.26. The monoisotopic (exact) mass is 356 g/mol. The molecule has 1 N–H and O–H groups in total. The van der Waals surface area contributed by atoms with Crippen LogP contribution in [0.25, 0.3) is 0 Å². The van der Waals surface area contributed by atoms with Crippen molar-refractivity contribution in [3.05, 3.63) is 35.4 Å². The van der Waals surface area contributed by atoms with E-state index in [1.165, 1.54) is 0 Å². The van der Waals surface area contributed by atoms with Gasteiger partial charge in [-0.25, -0.2) is 0 Å². The van der Waals surface area contributed by atoms with Gasteiger partial charge in [-0.2, -0.15) is 13.2 Å². The summed E-state index contributed by atoms with van der Waals surface area (Å²) in [5, 5.41) is 2.83. The van der Waals surface area contributed by atoms with Crippen LogP contribution in [0.2, 0.25) is 0 Å². The van der Waals surface area contributed by atoms with E-state index in [1.54, 1.807) is 12.1 Å². The number of nitrogens with one attached hydrogen (secondary N) is 1. The molecule has 0 spiro atoms. The van der Waals surface area contributed by atoms with Crippen molar-refractivity contribution >= 4 is 11.8 Å². The molecule has 1 aromatic carbocycles. The SMILES string of the molecule is CC(C)(C)c1ccc(C(=O)NC2CCN(C(=O)C(F)(F)F)CC2)cc1. The lowest BCUT2D eigenvalue weighted by Crippen LogP contribution is -2.50. The van der Waals surface area contributed by atoms with Crippen molar-refractivity contribution in [2.45, 2.75) is 51.2 Å². The van der Waals surface area contributed by atoms with E-state index < -0.39 is 12.1 Å². The molecule has 138 valence electrons. The van der Waals surface area contributed by atoms with Crippen LogP contribution in [0, 0.1) is 0 Å². The molecule has 1 fully saturated rings. The summed E-state index contributed by atoms with van der Waals surface area (Å²) in [7, 11) is 0. The molecule has 0 bridgehead atoms.